The maximum Gasteiger partial charge on any atom is 0.333 e. The minimum atomic E-state index is -0.416. The zero-order chi connectivity index (χ0) is 14.9. The Bertz CT molecular complexity index is 624. The summed E-state index contributed by atoms with van der Waals surface area (Å²) in [5, 5.41) is 18.3. The van der Waals surface area contributed by atoms with E-state index in [0.29, 0.717) is 23.8 Å². The minimum Gasteiger partial charge on any atom is -0.444 e. The van der Waals surface area contributed by atoms with Crippen molar-refractivity contribution in [2.75, 3.05) is 5.32 Å². The van der Waals surface area contributed by atoms with E-state index in [-0.39, 0.29) is 12.2 Å². The highest BCUT2D eigenvalue weighted by Gasteiger charge is 2.25. The summed E-state index contributed by atoms with van der Waals surface area (Å²) in [6.07, 6.45) is 0.503. The number of hydrogen-bond acceptors (Lipinski definition) is 6. The van der Waals surface area contributed by atoms with Gasteiger partial charge in [-0.05, 0) is 20.3 Å². The molecule has 0 amide bonds. The number of rotatable bonds is 5. The summed E-state index contributed by atoms with van der Waals surface area (Å²) in [6, 6.07) is 0. The van der Waals surface area contributed by atoms with Crippen LogP contribution in [0.5, 0.6) is 0 Å². The van der Waals surface area contributed by atoms with Crippen molar-refractivity contribution in [3.8, 4) is 0 Å². The number of anilines is 1. The summed E-state index contributed by atoms with van der Waals surface area (Å²) < 4.78 is 6.91. The lowest BCUT2D eigenvalue weighted by Gasteiger charge is -2.03. The van der Waals surface area contributed by atoms with Crippen molar-refractivity contribution in [2.24, 2.45) is 7.05 Å². The largest absolute Gasteiger partial charge is 0.444 e. The van der Waals surface area contributed by atoms with Crippen LogP contribution in [0.15, 0.2) is 4.42 Å². The van der Waals surface area contributed by atoms with Crippen molar-refractivity contribution in [1.82, 2.24) is 14.8 Å². The predicted octanol–water partition coefficient (Wildman–Crippen LogP) is 2.11. The van der Waals surface area contributed by atoms with Crippen molar-refractivity contribution in [1.29, 1.82) is 0 Å². The molecule has 0 saturated heterocycles. The van der Waals surface area contributed by atoms with Crippen LogP contribution >= 0.6 is 0 Å². The molecule has 2 rings (SSSR count). The van der Waals surface area contributed by atoms with E-state index < -0.39 is 4.92 Å². The van der Waals surface area contributed by atoms with Gasteiger partial charge in [0.2, 0.25) is 11.7 Å². The van der Waals surface area contributed by atoms with Gasteiger partial charge < -0.3 is 9.73 Å². The molecule has 0 aliphatic carbocycles. The Morgan fingerprint density at radius 1 is 1.45 bits per heavy atom. The Morgan fingerprint density at radius 3 is 2.65 bits per heavy atom. The zero-order valence-corrected chi connectivity index (χ0v) is 11.9. The molecule has 108 valence electrons. The van der Waals surface area contributed by atoms with Gasteiger partial charge in [0.25, 0.3) is 0 Å². The van der Waals surface area contributed by atoms with Crippen LogP contribution in [0.2, 0.25) is 0 Å². The molecular weight excluding hydrogens is 262 g/mol. The van der Waals surface area contributed by atoms with E-state index in [1.54, 1.807) is 7.05 Å². The Morgan fingerprint density at radius 2 is 2.15 bits per heavy atom. The Balaban J connectivity index is 2.25. The lowest BCUT2D eigenvalue weighted by molar-refractivity contribution is -0.384. The molecule has 0 unspecified atom stereocenters. The summed E-state index contributed by atoms with van der Waals surface area (Å²) in [5.41, 5.74) is 1.28. The number of nitrogens with one attached hydrogen (secondary N) is 1. The summed E-state index contributed by atoms with van der Waals surface area (Å²) in [6.45, 7) is 5.79. The highest BCUT2D eigenvalue weighted by Crippen LogP contribution is 2.28. The predicted molar refractivity (Wildman–Crippen MR) is 72.5 cm³/mol. The number of aryl methyl sites for hydroxylation is 4. The number of oxazole rings is 1. The van der Waals surface area contributed by atoms with Crippen LogP contribution in [-0.2, 0) is 20.0 Å². The van der Waals surface area contributed by atoms with E-state index in [4.69, 9.17) is 4.42 Å². The topological polar surface area (TPSA) is 99.0 Å². The van der Waals surface area contributed by atoms with Gasteiger partial charge in [0.1, 0.15) is 11.5 Å². The second kappa shape index (κ2) is 5.32. The molecule has 0 fully saturated rings. The average Bonchev–Trinajstić information content (AvgIpc) is 2.87. The van der Waals surface area contributed by atoms with Crippen LogP contribution < -0.4 is 5.32 Å². The molecular formula is C12H17N5O3. The van der Waals surface area contributed by atoms with Crippen LogP contribution in [0.1, 0.15) is 30.0 Å². The molecule has 8 heteroatoms. The molecule has 2 heterocycles. The third kappa shape index (κ3) is 2.49. The van der Waals surface area contributed by atoms with Gasteiger partial charge >= 0.3 is 5.69 Å². The van der Waals surface area contributed by atoms with Gasteiger partial charge in [0.05, 0.1) is 17.2 Å². The van der Waals surface area contributed by atoms with Crippen molar-refractivity contribution in [2.45, 2.75) is 33.7 Å². The summed E-state index contributed by atoms with van der Waals surface area (Å²) >= 11 is 0. The normalized spacial score (nSPS) is 10.8. The van der Waals surface area contributed by atoms with Crippen molar-refractivity contribution >= 4 is 11.5 Å². The lowest BCUT2D eigenvalue weighted by Crippen LogP contribution is -2.06. The van der Waals surface area contributed by atoms with Gasteiger partial charge in [-0.25, -0.2) is 9.67 Å². The van der Waals surface area contributed by atoms with Gasteiger partial charge in [-0.3, -0.25) is 10.1 Å². The summed E-state index contributed by atoms with van der Waals surface area (Å²) in [4.78, 5) is 15.0. The van der Waals surface area contributed by atoms with E-state index in [9.17, 15) is 10.1 Å². The van der Waals surface area contributed by atoms with Crippen molar-refractivity contribution in [3.63, 3.8) is 0 Å². The fourth-order valence-electron chi connectivity index (χ4n) is 1.97. The standard InChI is InChI=1S/C12H17N5O3/c1-5-9-11(17(18)19)12(16(4)15-9)13-6-10-14-7(2)8(3)20-10/h13H,5-6H2,1-4H3. The van der Waals surface area contributed by atoms with Crippen molar-refractivity contribution < 1.29 is 9.34 Å². The number of aromatic nitrogens is 3. The quantitative estimate of drug-likeness (QED) is 0.664. The maximum atomic E-state index is 11.2. The molecule has 0 aromatic carbocycles. The lowest BCUT2D eigenvalue weighted by atomic mass is 10.3. The molecule has 0 radical (unpaired) electrons. The molecule has 0 aliphatic rings. The number of nitro groups is 1. The first-order chi connectivity index (χ1) is 9.43. The SMILES string of the molecule is CCc1nn(C)c(NCc2nc(C)c(C)o2)c1[N+](=O)[O-]. The molecule has 0 atom stereocenters. The smallest absolute Gasteiger partial charge is 0.333 e. The van der Waals surface area contributed by atoms with E-state index in [2.05, 4.69) is 15.4 Å². The van der Waals surface area contributed by atoms with Crippen molar-refractivity contribution in [3.05, 3.63) is 33.2 Å². The van der Waals surface area contributed by atoms with E-state index >= 15 is 0 Å². The monoisotopic (exact) mass is 279 g/mol. The van der Waals surface area contributed by atoms with Gasteiger partial charge in [0, 0.05) is 7.05 Å². The van der Waals surface area contributed by atoms with E-state index in [1.807, 2.05) is 20.8 Å². The van der Waals surface area contributed by atoms with E-state index in [1.165, 1.54) is 4.68 Å². The van der Waals surface area contributed by atoms with E-state index in [0.717, 1.165) is 11.5 Å². The first-order valence-electron chi connectivity index (χ1n) is 6.31. The average molecular weight is 279 g/mol. The fourth-order valence-corrected chi connectivity index (χ4v) is 1.97. The summed E-state index contributed by atoms with van der Waals surface area (Å²) in [5.74, 6) is 1.60. The number of hydrogen-bond donors (Lipinski definition) is 1. The molecule has 0 spiro atoms. The fraction of sp³-hybridized carbons (Fsp3) is 0.500. The molecule has 20 heavy (non-hydrogen) atoms. The van der Waals surface area contributed by atoms with Gasteiger partial charge in [0.15, 0.2) is 0 Å². The Labute approximate surface area is 116 Å². The molecule has 2 aromatic rings. The highest BCUT2D eigenvalue weighted by molar-refractivity contribution is 5.59. The van der Waals surface area contributed by atoms with Gasteiger partial charge in [-0.2, -0.15) is 5.10 Å². The molecule has 0 saturated carbocycles. The molecule has 8 nitrogen and oxygen atoms in total. The molecule has 0 aliphatic heterocycles. The third-order valence-electron chi connectivity index (χ3n) is 3.09. The second-order valence-electron chi connectivity index (χ2n) is 4.48. The van der Waals surface area contributed by atoms with Crippen LogP contribution in [0.3, 0.4) is 0 Å². The first kappa shape index (κ1) is 14.0. The van der Waals surface area contributed by atoms with Crippen LogP contribution in [0, 0.1) is 24.0 Å². The minimum absolute atomic E-state index is 0.00926. The van der Waals surface area contributed by atoms with Crippen LogP contribution in [0.25, 0.3) is 0 Å². The van der Waals surface area contributed by atoms with Gasteiger partial charge in [-0.15, -0.1) is 0 Å². The zero-order valence-electron chi connectivity index (χ0n) is 11.9. The Hall–Kier alpha value is -2.38. The van der Waals surface area contributed by atoms with Crippen LogP contribution in [-0.4, -0.2) is 19.7 Å². The third-order valence-corrected chi connectivity index (χ3v) is 3.09. The maximum absolute atomic E-state index is 11.2. The highest BCUT2D eigenvalue weighted by atomic mass is 16.6. The molecule has 0 bridgehead atoms. The second-order valence-corrected chi connectivity index (χ2v) is 4.48. The first-order valence-corrected chi connectivity index (χ1v) is 6.31. The molecule has 2 aromatic heterocycles. The molecule has 1 N–H and O–H groups in total. The van der Waals surface area contributed by atoms with Crippen LogP contribution in [0.4, 0.5) is 11.5 Å². The van der Waals surface area contributed by atoms with Gasteiger partial charge in [-0.1, -0.05) is 6.92 Å². The Kier molecular flexibility index (Phi) is 3.73. The number of nitrogens with zero attached hydrogens (tertiary/aromatic N) is 4. The summed E-state index contributed by atoms with van der Waals surface area (Å²) in [7, 11) is 1.67.